The van der Waals surface area contributed by atoms with Crippen LogP contribution in [0.5, 0.6) is 11.5 Å². The summed E-state index contributed by atoms with van der Waals surface area (Å²) >= 11 is 18.0. The topological polar surface area (TPSA) is 59.6 Å². The monoisotopic (exact) mass is 464 g/mol. The van der Waals surface area contributed by atoms with Crippen molar-refractivity contribution in [1.29, 1.82) is 0 Å². The van der Waals surface area contributed by atoms with Gasteiger partial charge in [-0.15, -0.1) is 0 Å². The fourth-order valence-electron chi connectivity index (χ4n) is 2.64. The molecule has 5 nitrogen and oxygen atoms in total. The molecule has 0 aliphatic heterocycles. The van der Waals surface area contributed by atoms with Crippen molar-refractivity contribution in [2.24, 2.45) is 0 Å². The molecule has 156 valence electrons. The van der Waals surface area contributed by atoms with Crippen LogP contribution in [0.2, 0.25) is 15.1 Å². The molecule has 0 heterocycles. The standard InChI is InChI=1S/C22H19Cl3N2O3/c1-29-21-10-14(12-26-15-7-8-16(23)18(25)11-15)6-9-20(21)30-13-22(28)27-19-5-3-2-4-17(19)24/h2-11,26H,12-13H2,1H3,(H,27,28). The molecule has 0 bridgehead atoms. The number of nitrogens with one attached hydrogen (secondary N) is 2. The van der Waals surface area contributed by atoms with E-state index in [0.29, 0.717) is 38.8 Å². The molecule has 0 aromatic heterocycles. The van der Waals surface area contributed by atoms with E-state index in [2.05, 4.69) is 10.6 Å². The minimum atomic E-state index is -0.324. The normalized spacial score (nSPS) is 10.4. The lowest BCUT2D eigenvalue weighted by atomic mass is 10.2. The Bertz CT molecular complexity index is 1040. The first-order valence-corrected chi connectivity index (χ1v) is 10.1. The summed E-state index contributed by atoms with van der Waals surface area (Å²) in [4.78, 5) is 12.1. The van der Waals surface area contributed by atoms with E-state index >= 15 is 0 Å². The summed E-state index contributed by atoms with van der Waals surface area (Å²) in [6, 6.07) is 17.8. The van der Waals surface area contributed by atoms with E-state index in [4.69, 9.17) is 44.3 Å². The summed E-state index contributed by atoms with van der Waals surface area (Å²) < 4.78 is 11.0. The largest absolute Gasteiger partial charge is 0.493 e. The van der Waals surface area contributed by atoms with Crippen LogP contribution in [0.1, 0.15) is 5.56 Å². The lowest BCUT2D eigenvalue weighted by Crippen LogP contribution is -2.20. The molecule has 30 heavy (non-hydrogen) atoms. The molecule has 0 fully saturated rings. The highest BCUT2D eigenvalue weighted by Crippen LogP contribution is 2.29. The summed E-state index contributed by atoms with van der Waals surface area (Å²) in [6.45, 7) is 0.365. The van der Waals surface area contributed by atoms with Gasteiger partial charge in [-0.05, 0) is 48.0 Å². The quantitative estimate of drug-likeness (QED) is 0.411. The first-order valence-electron chi connectivity index (χ1n) is 8.99. The SMILES string of the molecule is COc1cc(CNc2ccc(Cl)c(Cl)c2)ccc1OCC(=O)Nc1ccccc1Cl. The number of carbonyl (C=O) groups excluding carboxylic acids is 1. The molecule has 3 aromatic carbocycles. The predicted octanol–water partition coefficient (Wildman–Crippen LogP) is 6.29. The summed E-state index contributed by atoms with van der Waals surface area (Å²) in [7, 11) is 1.54. The van der Waals surface area contributed by atoms with E-state index < -0.39 is 0 Å². The van der Waals surface area contributed by atoms with Gasteiger partial charge in [-0.1, -0.05) is 53.0 Å². The minimum absolute atomic E-state index is 0.178. The van der Waals surface area contributed by atoms with Gasteiger partial charge in [-0.2, -0.15) is 0 Å². The number of rotatable bonds is 8. The van der Waals surface area contributed by atoms with Gasteiger partial charge in [0.1, 0.15) is 0 Å². The molecule has 0 aliphatic carbocycles. The van der Waals surface area contributed by atoms with E-state index in [9.17, 15) is 4.79 Å². The van der Waals surface area contributed by atoms with E-state index in [0.717, 1.165) is 11.3 Å². The smallest absolute Gasteiger partial charge is 0.262 e. The maximum Gasteiger partial charge on any atom is 0.262 e. The molecule has 0 spiro atoms. The second-order valence-corrected chi connectivity index (χ2v) is 7.51. The molecule has 1 amide bonds. The Labute approximate surface area is 189 Å². The second-order valence-electron chi connectivity index (χ2n) is 6.28. The third-order valence-electron chi connectivity index (χ3n) is 4.15. The molecule has 0 saturated heterocycles. The van der Waals surface area contributed by atoms with Crippen LogP contribution in [0.15, 0.2) is 60.7 Å². The molecule has 0 radical (unpaired) electrons. The summed E-state index contributed by atoms with van der Waals surface area (Å²) in [5.74, 6) is 0.662. The molecule has 0 atom stereocenters. The molecular formula is C22H19Cl3N2O3. The number of para-hydroxylation sites is 1. The zero-order chi connectivity index (χ0) is 21.5. The number of ether oxygens (including phenoxy) is 2. The third kappa shape index (κ3) is 5.95. The number of hydrogen-bond donors (Lipinski definition) is 2. The van der Waals surface area contributed by atoms with E-state index in [-0.39, 0.29) is 12.5 Å². The lowest BCUT2D eigenvalue weighted by Gasteiger charge is -2.13. The first-order chi connectivity index (χ1) is 14.5. The zero-order valence-electron chi connectivity index (χ0n) is 16.0. The molecule has 3 rings (SSSR count). The van der Waals surface area contributed by atoms with Crippen molar-refractivity contribution >= 4 is 52.1 Å². The van der Waals surface area contributed by atoms with Gasteiger partial charge < -0.3 is 20.1 Å². The Balaban J connectivity index is 1.59. The van der Waals surface area contributed by atoms with Gasteiger partial charge in [0, 0.05) is 12.2 Å². The van der Waals surface area contributed by atoms with Gasteiger partial charge >= 0.3 is 0 Å². The molecule has 8 heteroatoms. The van der Waals surface area contributed by atoms with Crippen LogP contribution in [0.3, 0.4) is 0 Å². The number of methoxy groups -OCH3 is 1. The number of hydrogen-bond acceptors (Lipinski definition) is 4. The molecule has 0 unspecified atom stereocenters. The maximum atomic E-state index is 12.1. The fraction of sp³-hybridized carbons (Fsp3) is 0.136. The van der Waals surface area contributed by atoms with Crippen LogP contribution < -0.4 is 20.1 Å². The number of amides is 1. The lowest BCUT2D eigenvalue weighted by molar-refractivity contribution is -0.118. The molecule has 3 aromatic rings. The average molecular weight is 466 g/mol. The van der Waals surface area contributed by atoms with Gasteiger partial charge in [0.25, 0.3) is 5.91 Å². The summed E-state index contributed by atoms with van der Waals surface area (Å²) in [6.07, 6.45) is 0. The van der Waals surface area contributed by atoms with Crippen molar-refractivity contribution in [3.05, 3.63) is 81.3 Å². The first kappa shape index (κ1) is 22.1. The molecule has 0 saturated carbocycles. The van der Waals surface area contributed by atoms with E-state index in [1.165, 1.54) is 0 Å². The van der Waals surface area contributed by atoms with Gasteiger partial charge in [0.2, 0.25) is 0 Å². The highest BCUT2D eigenvalue weighted by atomic mass is 35.5. The van der Waals surface area contributed by atoms with Crippen molar-refractivity contribution < 1.29 is 14.3 Å². The van der Waals surface area contributed by atoms with E-state index in [1.807, 2.05) is 18.2 Å². The van der Waals surface area contributed by atoms with Crippen molar-refractivity contribution in [1.82, 2.24) is 0 Å². The third-order valence-corrected chi connectivity index (χ3v) is 5.22. The van der Waals surface area contributed by atoms with Crippen LogP contribution >= 0.6 is 34.8 Å². The highest BCUT2D eigenvalue weighted by Gasteiger charge is 2.10. The van der Waals surface area contributed by atoms with Gasteiger partial charge in [-0.3, -0.25) is 4.79 Å². The zero-order valence-corrected chi connectivity index (χ0v) is 18.3. The van der Waals surface area contributed by atoms with Crippen molar-refractivity contribution in [2.45, 2.75) is 6.54 Å². The average Bonchev–Trinajstić information content (AvgIpc) is 2.75. The number of benzene rings is 3. The number of anilines is 2. The molecule has 2 N–H and O–H groups in total. The van der Waals surface area contributed by atoms with Crippen LogP contribution in [-0.2, 0) is 11.3 Å². The van der Waals surface area contributed by atoms with Crippen molar-refractivity contribution in [3.8, 4) is 11.5 Å². The van der Waals surface area contributed by atoms with Crippen LogP contribution in [-0.4, -0.2) is 19.6 Å². The Morgan fingerprint density at radius 1 is 0.900 bits per heavy atom. The van der Waals surface area contributed by atoms with Gasteiger partial charge in [0.15, 0.2) is 18.1 Å². The van der Waals surface area contributed by atoms with E-state index in [1.54, 1.807) is 49.6 Å². The summed E-state index contributed by atoms with van der Waals surface area (Å²) in [5.41, 5.74) is 2.34. The Kier molecular flexibility index (Phi) is 7.69. The molecule has 0 aliphatic rings. The Hall–Kier alpha value is -2.60. The fourth-order valence-corrected chi connectivity index (χ4v) is 3.12. The van der Waals surface area contributed by atoms with Crippen LogP contribution in [0.25, 0.3) is 0 Å². The van der Waals surface area contributed by atoms with Crippen molar-refractivity contribution in [2.75, 3.05) is 24.4 Å². The van der Waals surface area contributed by atoms with Crippen molar-refractivity contribution in [3.63, 3.8) is 0 Å². The van der Waals surface area contributed by atoms with Crippen LogP contribution in [0, 0.1) is 0 Å². The van der Waals surface area contributed by atoms with Gasteiger partial charge in [0.05, 0.1) is 27.9 Å². The Morgan fingerprint density at radius 3 is 2.43 bits per heavy atom. The predicted molar refractivity (Wildman–Crippen MR) is 122 cm³/mol. The number of halogens is 3. The highest BCUT2D eigenvalue weighted by molar-refractivity contribution is 6.42. The second kappa shape index (κ2) is 10.4. The minimum Gasteiger partial charge on any atom is -0.493 e. The Morgan fingerprint density at radius 2 is 1.70 bits per heavy atom. The summed E-state index contributed by atoms with van der Waals surface area (Å²) in [5, 5.41) is 7.42. The maximum absolute atomic E-state index is 12.1. The van der Waals surface area contributed by atoms with Crippen LogP contribution in [0.4, 0.5) is 11.4 Å². The number of carbonyl (C=O) groups is 1. The van der Waals surface area contributed by atoms with Gasteiger partial charge in [-0.25, -0.2) is 0 Å². The molecular weight excluding hydrogens is 447 g/mol.